The number of carbonyl (C=O) groups excluding carboxylic acids is 4. The number of nitrogens with zero attached hydrogens (tertiary/aromatic N) is 1. The van der Waals surface area contributed by atoms with E-state index >= 15 is 0 Å². The molecule has 3 unspecified atom stereocenters. The minimum atomic E-state index is -1.66. The first-order valence-electron chi connectivity index (χ1n) is 10.6. The molecule has 1 aliphatic carbocycles. The lowest BCUT2D eigenvalue weighted by atomic mass is 9.81. The van der Waals surface area contributed by atoms with Gasteiger partial charge in [-0.05, 0) is 45.7 Å². The molecular weight excluding hydrogens is 445 g/mol. The van der Waals surface area contributed by atoms with E-state index in [0.717, 1.165) is 29.9 Å². The minimum absolute atomic E-state index is 0.0390. The van der Waals surface area contributed by atoms with Crippen molar-refractivity contribution >= 4 is 41.0 Å². The monoisotopic (exact) mass is 469 g/mol. The normalized spacial score (nSPS) is 21.5. The van der Waals surface area contributed by atoms with Crippen LogP contribution in [0, 0.1) is 17.7 Å². The van der Waals surface area contributed by atoms with Crippen LogP contribution in [0.3, 0.4) is 0 Å². The van der Waals surface area contributed by atoms with E-state index in [1.807, 2.05) is 0 Å². The molecule has 0 radical (unpaired) electrons. The molecule has 1 saturated heterocycles. The molecule has 1 aromatic carbocycles. The summed E-state index contributed by atoms with van der Waals surface area (Å²) in [5.41, 5.74) is -0.691. The largest absolute Gasteiger partial charge is 0.461 e. The van der Waals surface area contributed by atoms with E-state index in [-0.39, 0.29) is 22.9 Å². The number of rotatable bonds is 7. The maximum absolute atomic E-state index is 14.8. The molecule has 2 fully saturated rings. The Balaban J connectivity index is 1.91. The lowest BCUT2D eigenvalue weighted by Crippen LogP contribution is -2.34. The summed E-state index contributed by atoms with van der Waals surface area (Å²) in [5, 5.41) is -0.306. The van der Waals surface area contributed by atoms with Gasteiger partial charge in [0.15, 0.2) is 0 Å². The van der Waals surface area contributed by atoms with Crippen LogP contribution in [0.2, 0.25) is 5.02 Å². The van der Waals surface area contributed by atoms with Gasteiger partial charge < -0.3 is 14.2 Å². The molecule has 0 aromatic heterocycles. The van der Waals surface area contributed by atoms with Crippen molar-refractivity contribution in [3.8, 4) is 0 Å². The molecule has 1 aliphatic heterocycles. The highest BCUT2D eigenvalue weighted by atomic mass is 35.5. The topological polar surface area (TPSA) is 99.2 Å². The zero-order valence-electron chi connectivity index (χ0n) is 18.1. The zero-order valence-corrected chi connectivity index (χ0v) is 18.8. The molecular formula is C22H25ClFNO7. The second-order valence-electron chi connectivity index (χ2n) is 7.97. The first-order valence-corrected chi connectivity index (χ1v) is 10.9. The highest BCUT2D eigenvalue weighted by molar-refractivity contribution is 6.34. The number of imide groups is 1. The van der Waals surface area contributed by atoms with Gasteiger partial charge in [-0.15, -0.1) is 0 Å². The third kappa shape index (κ3) is 4.78. The summed E-state index contributed by atoms with van der Waals surface area (Å²) in [7, 11) is 0. The average Bonchev–Trinajstić information content (AvgIpc) is 2.98. The first kappa shape index (κ1) is 24.1. The summed E-state index contributed by atoms with van der Waals surface area (Å²) in [4.78, 5) is 51.3. The smallest absolute Gasteiger partial charge is 0.376 e. The number of hydrogen-bond donors (Lipinski definition) is 0. The van der Waals surface area contributed by atoms with Crippen LogP contribution in [-0.4, -0.2) is 42.8 Å². The Labute approximate surface area is 189 Å². The molecule has 32 heavy (non-hydrogen) atoms. The fourth-order valence-corrected chi connectivity index (χ4v) is 4.24. The summed E-state index contributed by atoms with van der Waals surface area (Å²) in [6, 6.07) is 1.82. The lowest BCUT2D eigenvalue weighted by Gasteiger charge is -2.20. The van der Waals surface area contributed by atoms with Crippen LogP contribution >= 0.6 is 11.6 Å². The summed E-state index contributed by atoms with van der Waals surface area (Å²) < 4.78 is 30.0. The Hall–Kier alpha value is -2.52. The number of amides is 2. The van der Waals surface area contributed by atoms with Gasteiger partial charge in [-0.2, -0.15) is 0 Å². The second kappa shape index (κ2) is 9.95. The number of esters is 2. The van der Waals surface area contributed by atoms with Crippen LogP contribution in [-0.2, 0) is 28.6 Å². The lowest BCUT2D eigenvalue weighted by molar-refractivity contribution is -0.190. The molecule has 8 nitrogen and oxygen atoms in total. The highest BCUT2D eigenvalue weighted by Crippen LogP contribution is 2.41. The number of hydrogen-bond acceptors (Lipinski definition) is 7. The summed E-state index contributed by atoms with van der Waals surface area (Å²) in [5.74, 6) is -4.90. The minimum Gasteiger partial charge on any atom is -0.461 e. The standard InChI is InChI=1S/C22H25ClFNO7/c1-4-30-21(29)22(31-11(2)3)32-20(28)14-9-17(16(24)10-15(14)23)25-18(26)12-7-5-6-8-13(12)19(25)27/h9-13,22H,4-8H2,1-3H3. The molecule has 1 aromatic rings. The average molecular weight is 470 g/mol. The summed E-state index contributed by atoms with van der Waals surface area (Å²) >= 11 is 6.04. The number of carbonyl (C=O) groups is 4. The molecule has 10 heteroatoms. The van der Waals surface area contributed by atoms with Crippen molar-refractivity contribution in [1.82, 2.24) is 0 Å². The van der Waals surface area contributed by atoms with Crippen LogP contribution in [0.15, 0.2) is 12.1 Å². The van der Waals surface area contributed by atoms with Crippen LogP contribution in [0.4, 0.5) is 10.1 Å². The number of benzene rings is 1. The van der Waals surface area contributed by atoms with Gasteiger partial charge in [0.2, 0.25) is 11.8 Å². The fraction of sp³-hybridized carbons (Fsp3) is 0.545. The maximum atomic E-state index is 14.8. The summed E-state index contributed by atoms with van der Waals surface area (Å²) in [6.07, 6.45) is 0.622. The van der Waals surface area contributed by atoms with E-state index < -0.39 is 53.8 Å². The molecule has 0 bridgehead atoms. The second-order valence-corrected chi connectivity index (χ2v) is 8.37. The Morgan fingerprint density at radius 1 is 1.16 bits per heavy atom. The van der Waals surface area contributed by atoms with Gasteiger partial charge in [-0.1, -0.05) is 24.4 Å². The predicted octanol–water partition coefficient (Wildman–Crippen LogP) is 3.63. The number of halogens is 2. The van der Waals surface area contributed by atoms with Crippen LogP contribution in [0.25, 0.3) is 0 Å². The van der Waals surface area contributed by atoms with Gasteiger partial charge in [0.1, 0.15) is 5.82 Å². The number of anilines is 1. The van der Waals surface area contributed by atoms with E-state index in [1.54, 1.807) is 20.8 Å². The maximum Gasteiger partial charge on any atom is 0.376 e. The van der Waals surface area contributed by atoms with E-state index in [0.29, 0.717) is 12.8 Å². The first-order chi connectivity index (χ1) is 15.1. The van der Waals surface area contributed by atoms with Crippen molar-refractivity contribution in [2.75, 3.05) is 11.5 Å². The van der Waals surface area contributed by atoms with E-state index in [4.69, 9.17) is 25.8 Å². The molecule has 2 aliphatic rings. The van der Waals surface area contributed by atoms with Crippen LogP contribution < -0.4 is 4.90 Å². The van der Waals surface area contributed by atoms with Crippen molar-refractivity contribution in [1.29, 1.82) is 0 Å². The van der Waals surface area contributed by atoms with E-state index in [2.05, 4.69) is 0 Å². The molecule has 0 N–H and O–H groups in total. The number of ether oxygens (including phenoxy) is 3. The quantitative estimate of drug-likeness (QED) is 0.341. The zero-order chi connectivity index (χ0) is 23.6. The molecule has 0 spiro atoms. The third-order valence-electron chi connectivity index (χ3n) is 5.43. The Bertz CT molecular complexity index is 911. The van der Waals surface area contributed by atoms with Crippen molar-refractivity contribution in [2.24, 2.45) is 11.8 Å². The van der Waals surface area contributed by atoms with Gasteiger partial charge >= 0.3 is 18.2 Å². The Kier molecular flexibility index (Phi) is 7.51. The Morgan fingerprint density at radius 2 is 1.75 bits per heavy atom. The van der Waals surface area contributed by atoms with Gasteiger partial charge in [-0.25, -0.2) is 18.9 Å². The van der Waals surface area contributed by atoms with Crippen molar-refractivity contribution in [3.63, 3.8) is 0 Å². The van der Waals surface area contributed by atoms with Crippen molar-refractivity contribution in [2.45, 2.75) is 58.8 Å². The van der Waals surface area contributed by atoms with E-state index in [9.17, 15) is 23.6 Å². The van der Waals surface area contributed by atoms with Gasteiger partial charge in [0.25, 0.3) is 0 Å². The SMILES string of the molecule is CCOC(=O)C(OC(=O)c1cc(N2C(=O)C3CCCCC3C2=O)c(F)cc1Cl)OC(C)C. The highest BCUT2D eigenvalue weighted by Gasteiger charge is 2.49. The van der Waals surface area contributed by atoms with Crippen molar-refractivity contribution in [3.05, 3.63) is 28.5 Å². The molecule has 1 saturated carbocycles. The van der Waals surface area contributed by atoms with Crippen LogP contribution in [0.1, 0.15) is 56.8 Å². The van der Waals surface area contributed by atoms with Gasteiger partial charge in [-0.3, -0.25) is 9.59 Å². The molecule has 1 heterocycles. The van der Waals surface area contributed by atoms with Crippen molar-refractivity contribution < 1.29 is 37.8 Å². The van der Waals surface area contributed by atoms with Gasteiger partial charge in [0, 0.05) is 0 Å². The number of fused-ring (bicyclic) bond motifs is 1. The predicted molar refractivity (Wildman–Crippen MR) is 111 cm³/mol. The molecule has 3 rings (SSSR count). The fourth-order valence-electron chi connectivity index (χ4n) is 4.01. The Morgan fingerprint density at radius 3 is 2.28 bits per heavy atom. The van der Waals surface area contributed by atoms with Crippen LogP contribution in [0.5, 0.6) is 0 Å². The molecule has 3 atom stereocenters. The molecule has 2 amide bonds. The third-order valence-corrected chi connectivity index (χ3v) is 5.74. The van der Waals surface area contributed by atoms with Gasteiger partial charge in [0.05, 0.1) is 40.8 Å². The molecule has 174 valence electrons. The summed E-state index contributed by atoms with van der Waals surface area (Å²) in [6.45, 7) is 4.88. The van der Waals surface area contributed by atoms with E-state index in [1.165, 1.54) is 0 Å².